The maximum absolute atomic E-state index is 11.1. The number of carboxylic acid groups (broad SMARTS) is 1. The zero-order chi connectivity index (χ0) is 10.2. The summed E-state index contributed by atoms with van der Waals surface area (Å²) < 4.78 is -0.433. The number of thioether (sulfide) groups is 1. The molecule has 3 heteroatoms. The summed E-state index contributed by atoms with van der Waals surface area (Å²) in [5.41, 5.74) is 0.416. The summed E-state index contributed by atoms with van der Waals surface area (Å²) in [6.07, 6.45) is 10.3. The summed E-state index contributed by atoms with van der Waals surface area (Å²) in [6.45, 7) is 0. The highest BCUT2D eigenvalue weighted by Gasteiger charge is 2.58. The van der Waals surface area contributed by atoms with Gasteiger partial charge in [0, 0.05) is 0 Å². The standard InChI is InChI=1S/C11H18O2S/c1-14-11(9(12)13)7-10(8-11)5-3-2-4-6-10/h2-8H2,1H3,(H,12,13). The molecule has 0 bridgehead atoms. The van der Waals surface area contributed by atoms with E-state index in [1.807, 2.05) is 6.26 Å². The van der Waals surface area contributed by atoms with E-state index in [4.69, 9.17) is 0 Å². The van der Waals surface area contributed by atoms with Crippen LogP contribution in [0.25, 0.3) is 0 Å². The van der Waals surface area contributed by atoms with Crippen molar-refractivity contribution in [2.24, 2.45) is 5.41 Å². The maximum Gasteiger partial charge on any atom is 0.319 e. The van der Waals surface area contributed by atoms with Crippen molar-refractivity contribution >= 4 is 17.7 Å². The fourth-order valence-corrected chi connectivity index (χ4v) is 4.27. The van der Waals surface area contributed by atoms with Crippen LogP contribution in [0.5, 0.6) is 0 Å². The molecule has 0 saturated heterocycles. The third-order valence-electron chi connectivity index (χ3n) is 4.02. The minimum atomic E-state index is -0.596. The van der Waals surface area contributed by atoms with Gasteiger partial charge in [-0.15, -0.1) is 11.8 Å². The first-order chi connectivity index (χ1) is 6.63. The number of carboxylic acids is 1. The SMILES string of the molecule is CSC1(C(=O)O)CC2(CCCCC2)C1. The molecule has 2 fully saturated rings. The highest BCUT2D eigenvalue weighted by atomic mass is 32.2. The first-order valence-corrected chi connectivity index (χ1v) is 6.64. The Balaban J connectivity index is 2.01. The Morgan fingerprint density at radius 1 is 1.21 bits per heavy atom. The summed E-state index contributed by atoms with van der Waals surface area (Å²) in [6, 6.07) is 0. The number of hydrogen-bond acceptors (Lipinski definition) is 2. The molecule has 0 radical (unpaired) electrons. The zero-order valence-electron chi connectivity index (χ0n) is 8.71. The second-order valence-corrected chi connectivity index (χ2v) is 6.11. The van der Waals surface area contributed by atoms with Crippen molar-refractivity contribution in [3.8, 4) is 0 Å². The Kier molecular flexibility index (Phi) is 2.54. The van der Waals surface area contributed by atoms with Crippen molar-refractivity contribution in [3.63, 3.8) is 0 Å². The van der Waals surface area contributed by atoms with Gasteiger partial charge in [0.05, 0.1) is 0 Å². The zero-order valence-corrected chi connectivity index (χ0v) is 9.53. The van der Waals surface area contributed by atoms with Gasteiger partial charge in [0.1, 0.15) is 4.75 Å². The van der Waals surface area contributed by atoms with Crippen molar-refractivity contribution in [3.05, 3.63) is 0 Å². The van der Waals surface area contributed by atoms with Crippen LogP contribution in [0, 0.1) is 5.41 Å². The normalized spacial score (nSPS) is 28.4. The first-order valence-electron chi connectivity index (χ1n) is 5.41. The highest BCUT2D eigenvalue weighted by Crippen LogP contribution is 2.61. The molecule has 2 aliphatic rings. The predicted molar refractivity (Wildman–Crippen MR) is 58.6 cm³/mol. The molecule has 0 aromatic heterocycles. The van der Waals surface area contributed by atoms with Crippen molar-refractivity contribution < 1.29 is 9.90 Å². The van der Waals surface area contributed by atoms with Crippen LogP contribution < -0.4 is 0 Å². The summed E-state index contributed by atoms with van der Waals surface area (Å²) in [7, 11) is 0. The van der Waals surface area contributed by atoms with E-state index in [2.05, 4.69) is 0 Å². The van der Waals surface area contributed by atoms with E-state index in [-0.39, 0.29) is 0 Å². The molecule has 0 atom stereocenters. The molecular formula is C11H18O2S. The lowest BCUT2D eigenvalue weighted by Crippen LogP contribution is -2.55. The first kappa shape index (κ1) is 10.3. The van der Waals surface area contributed by atoms with Crippen molar-refractivity contribution in [2.75, 3.05) is 6.26 Å². The molecule has 2 aliphatic carbocycles. The molecule has 14 heavy (non-hydrogen) atoms. The van der Waals surface area contributed by atoms with E-state index >= 15 is 0 Å². The van der Waals surface area contributed by atoms with E-state index < -0.39 is 10.7 Å². The Morgan fingerprint density at radius 2 is 1.79 bits per heavy atom. The number of hydrogen-bond donors (Lipinski definition) is 1. The van der Waals surface area contributed by atoms with Crippen LogP contribution in [0.4, 0.5) is 0 Å². The highest BCUT2D eigenvalue weighted by molar-refractivity contribution is 8.00. The molecule has 2 saturated carbocycles. The summed E-state index contributed by atoms with van der Waals surface area (Å²) in [5, 5.41) is 9.18. The van der Waals surface area contributed by atoms with Gasteiger partial charge in [-0.05, 0) is 37.4 Å². The summed E-state index contributed by atoms with van der Waals surface area (Å²) in [5.74, 6) is -0.596. The molecule has 2 nitrogen and oxygen atoms in total. The fourth-order valence-electron chi connectivity index (χ4n) is 3.20. The molecule has 0 amide bonds. The van der Waals surface area contributed by atoms with Gasteiger partial charge in [-0.3, -0.25) is 4.79 Å². The van der Waals surface area contributed by atoms with Gasteiger partial charge in [-0.2, -0.15) is 0 Å². The quantitative estimate of drug-likeness (QED) is 0.768. The monoisotopic (exact) mass is 214 g/mol. The lowest BCUT2D eigenvalue weighted by Gasteiger charge is -2.55. The number of aliphatic carboxylic acids is 1. The van der Waals surface area contributed by atoms with Gasteiger partial charge in [0.2, 0.25) is 0 Å². The predicted octanol–water partition coefficient (Wildman–Crippen LogP) is 2.92. The van der Waals surface area contributed by atoms with Gasteiger partial charge in [0.15, 0.2) is 0 Å². The largest absolute Gasteiger partial charge is 0.480 e. The number of carbonyl (C=O) groups is 1. The molecular weight excluding hydrogens is 196 g/mol. The fraction of sp³-hybridized carbons (Fsp3) is 0.909. The van der Waals surface area contributed by atoms with Gasteiger partial charge in [0.25, 0.3) is 0 Å². The molecule has 1 spiro atoms. The van der Waals surface area contributed by atoms with Gasteiger partial charge in [-0.25, -0.2) is 0 Å². The second kappa shape index (κ2) is 3.44. The Labute approximate surface area is 89.5 Å². The summed E-state index contributed by atoms with van der Waals surface area (Å²) in [4.78, 5) is 11.1. The topological polar surface area (TPSA) is 37.3 Å². The Morgan fingerprint density at radius 3 is 2.21 bits per heavy atom. The van der Waals surface area contributed by atoms with Crippen LogP contribution in [-0.2, 0) is 4.79 Å². The van der Waals surface area contributed by atoms with Gasteiger partial charge in [-0.1, -0.05) is 19.3 Å². The molecule has 80 valence electrons. The number of rotatable bonds is 2. The van der Waals surface area contributed by atoms with Crippen molar-refractivity contribution in [1.82, 2.24) is 0 Å². The van der Waals surface area contributed by atoms with Crippen LogP contribution in [0.15, 0.2) is 0 Å². The lowest BCUT2D eigenvalue weighted by atomic mass is 9.55. The van der Waals surface area contributed by atoms with E-state index in [1.165, 1.54) is 43.9 Å². The second-order valence-electron chi connectivity index (χ2n) is 4.92. The molecule has 1 N–H and O–H groups in total. The summed E-state index contributed by atoms with van der Waals surface area (Å²) >= 11 is 1.54. The van der Waals surface area contributed by atoms with Crippen LogP contribution in [0.2, 0.25) is 0 Å². The Hall–Kier alpha value is -0.180. The van der Waals surface area contributed by atoms with E-state index in [0.29, 0.717) is 5.41 Å². The van der Waals surface area contributed by atoms with Crippen LogP contribution in [0.1, 0.15) is 44.9 Å². The van der Waals surface area contributed by atoms with E-state index in [1.54, 1.807) is 0 Å². The van der Waals surface area contributed by atoms with Crippen molar-refractivity contribution in [1.29, 1.82) is 0 Å². The van der Waals surface area contributed by atoms with Gasteiger partial charge >= 0.3 is 5.97 Å². The van der Waals surface area contributed by atoms with E-state index in [0.717, 1.165) is 12.8 Å². The van der Waals surface area contributed by atoms with Crippen LogP contribution in [0.3, 0.4) is 0 Å². The minimum Gasteiger partial charge on any atom is -0.480 e. The van der Waals surface area contributed by atoms with Crippen LogP contribution in [-0.4, -0.2) is 22.1 Å². The Bertz CT molecular complexity index is 236. The average molecular weight is 214 g/mol. The maximum atomic E-state index is 11.1. The third-order valence-corrected chi connectivity index (χ3v) is 5.26. The van der Waals surface area contributed by atoms with Gasteiger partial charge < -0.3 is 5.11 Å². The minimum absolute atomic E-state index is 0.416. The van der Waals surface area contributed by atoms with Crippen LogP contribution >= 0.6 is 11.8 Å². The average Bonchev–Trinajstić information content (AvgIpc) is 2.14. The van der Waals surface area contributed by atoms with E-state index in [9.17, 15) is 9.90 Å². The molecule has 2 rings (SSSR count). The molecule has 0 unspecified atom stereocenters. The molecule has 0 aromatic rings. The molecule has 0 aliphatic heterocycles. The lowest BCUT2D eigenvalue weighted by molar-refractivity contribution is -0.147. The molecule has 0 aromatic carbocycles. The smallest absolute Gasteiger partial charge is 0.319 e. The third kappa shape index (κ3) is 1.46. The molecule has 0 heterocycles. The van der Waals surface area contributed by atoms with Crippen molar-refractivity contribution in [2.45, 2.75) is 49.7 Å².